The zero-order valence-corrected chi connectivity index (χ0v) is 23.2. The van der Waals surface area contributed by atoms with E-state index in [-0.39, 0.29) is 11.3 Å². The van der Waals surface area contributed by atoms with Gasteiger partial charge in [-0.25, -0.2) is 0 Å². The van der Waals surface area contributed by atoms with Crippen molar-refractivity contribution < 1.29 is 53.6 Å². The molecule has 0 spiro atoms. The van der Waals surface area contributed by atoms with Crippen LogP contribution in [0.5, 0.6) is 5.75 Å². The molecule has 218 valence electrons. The van der Waals surface area contributed by atoms with Gasteiger partial charge in [0.2, 0.25) is 11.7 Å². The van der Waals surface area contributed by atoms with Crippen LogP contribution >= 0.6 is 0 Å². The van der Waals surface area contributed by atoms with Crippen molar-refractivity contribution in [1.29, 1.82) is 0 Å². The summed E-state index contributed by atoms with van der Waals surface area (Å²) >= 11 is 0. The van der Waals surface area contributed by atoms with Crippen molar-refractivity contribution in [3.63, 3.8) is 0 Å². The molecule has 0 unspecified atom stereocenters. The average molecular weight is 571 g/mol. The Balaban J connectivity index is 2.05. The van der Waals surface area contributed by atoms with E-state index < -0.39 is 93.5 Å². The van der Waals surface area contributed by atoms with Crippen LogP contribution in [-0.2, 0) is 28.7 Å². The van der Waals surface area contributed by atoms with Crippen LogP contribution in [0.2, 0.25) is 0 Å². The number of imide groups is 1. The number of nitrogens with zero attached hydrogens (tertiary/aromatic N) is 1. The van der Waals surface area contributed by atoms with Crippen molar-refractivity contribution in [2.45, 2.75) is 51.4 Å². The monoisotopic (exact) mass is 570 g/mol. The Morgan fingerprint density at radius 2 is 1.63 bits per heavy atom. The number of fused-ring (bicyclic) bond motifs is 3. The van der Waals surface area contributed by atoms with Crippen molar-refractivity contribution in [1.82, 2.24) is 10.2 Å². The largest absolute Gasteiger partial charge is 0.508 e. The summed E-state index contributed by atoms with van der Waals surface area (Å²) in [4.78, 5) is 77.8. The number of ether oxygens (including phenoxy) is 2. The fourth-order valence-electron chi connectivity index (χ4n) is 6.25. The van der Waals surface area contributed by atoms with Gasteiger partial charge >= 0.3 is 11.9 Å². The second kappa shape index (κ2) is 10.3. The summed E-state index contributed by atoms with van der Waals surface area (Å²) < 4.78 is 10.5. The number of carbonyl (C=O) groups excluding carboxylic acids is 6. The molecule has 13 nitrogen and oxygen atoms in total. The number of aliphatic hydroxyl groups is 3. The highest BCUT2D eigenvalue weighted by Gasteiger charge is 2.67. The second-order valence-electron chi connectivity index (χ2n) is 10.6. The first-order chi connectivity index (χ1) is 19.0. The number of hydrogen-bond donors (Lipinski definition) is 4. The number of ketones is 2. The van der Waals surface area contributed by atoms with E-state index in [1.807, 2.05) is 5.32 Å². The lowest BCUT2D eigenvalue weighted by molar-refractivity contribution is -0.165. The van der Waals surface area contributed by atoms with Gasteiger partial charge in [0.05, 0.1) is 23.6 Å². The molecule has 13 heteroatoms. The summed E-state index contributed by atoms with van der Waals surface area (Å²) in [7, 11) is 2.92. The van der Waals surface area contributed by atoms with Crippen LogP contribution in [0.4, 0.5) is 0 Å². The van der Waals surface area contributed by atoms with Gasteiger partial charge in [-0.05, 0) is 31.6 Å². The number of carbonyl (C=O) groups is 6. The maximum absolute atomic E-state index is 14.0. The Hall–Kier alpha value is -4.20. The fraction of sp³-hybridized carbons (Fsp3) is 0.429. The van der Waals surface area contributed by atoms with E-state index in [1.165, 1.54) is 25.1 Å². The lowest BCUT2D eigenvalue weighted by atomic mass is 9.55. The standard InChI is InChI=1S/C28H30N2O11/c1-10-14-8-7-9-15(40-12(3)32)17(14)22(34)18-16(10)23(35)20-21(30(5)6)24(41-13(4)33)19(27(38)29-11(2)31)26(37)28(20,39)25(18)36/h7-10,16,20-21,23,35-36,39H,1-6H3,(H,29,31,38)/t10-,16+,20+,21-,23-,28-/m0/s1. The van der Waals surface area contributed by atoms with E-state index >= 15 is 0 Å². The predicted molar refractivity (Wildman–Crippen MR) is 138 cm³/mol. The molecular formula is C28H30N2O11. The highest BCUT2D eigenvalue weighted by atomic mass is 16.5. The van der Waals surface area contributed by atoms with Gasteiger partial charge in [0, 0.05) is 32.3 Å². The quantitative estimate of drug-likeness (QED) is 0.216. The molecule has 0 aliphatic heterocycles. The van der Waals surface area contributed by atoms with Gasteiger partial charge < -0.3 is 24.8 Å². The van der Waals surface area contributed by atoms with E-state index in [0.717, 1.165) is 20.8 Å². The number of aliphatic hydroxyl groups excluding tert-OH is 2. The number of likely N-dealkylation sites (N-methyl/N-ethyl adjacent to an activating group) is 1. The highest BCUT2D eigenvalue weighted by Crippen LogP contribution is 2.55. The van der Waals surface area contributed by atoms with Gasteiger partial charge in [-0.3, -0.25) is 39.0 Å². The van der Waals surface area contributed by atoms with Crippen LogP contribution in [0.1, 0.15) is 49.5 Å². The van der Waals surface area contributed by atoms with Crippen molar-refractivity contribution >= 4 is 35.3 Å². The van der Waals surface area contributed by atoms with E-state index in [2.05, 4.69) is 0 Å². The third kappa shape index (κ3) is 4.46. The average Bonchev–Trinajstić information content (AvgIpc) is 2.85. The molecule has 0 saturated heterocycles. The minimum atomic E-state index is -3.06. The molecule has 4 N–H and O–H groups in total. The Labute approximate surface area is 234 Å². The first-order valence-electron chi connectivity index (χ1n) is 12.7. The summed E-state index contributed by atoms with van der Waals surface area (Å²) in [5, 5.41) is 37.3. The van der Waals surface area contributed by atoms with Crippen molar-refractivity contribution in [2.75, 3.05) is 14.1 Å². The first-order valence-corrected chi connectivity index (χ1v) is 12.7. The minimum Gasteiger partial charge on any atom is -0.508 e. The van der Waals surface area contributed by atoms with Gasteiger partial charge in [-0.2, -0.15) is 0 Å². The fourth-order valence-corrected chi connectivity index (χ4v) is 6.25. The first kappa shape index (κ1) is 29.8. The van der Waals surface area contributed by atoms with E-state index in [9.17, 15) is 44.1 Å². The van der Waals surface area contributed by atoms with Gasteiger partial charge in [0.15, 0.2) is 11.4 Å². The molecule has 41 heavy (non-hydrogen) atoms. The molecule has 3 aliphatic carbocycles. The topological polar surface area (TPSA) is 197 Å². The Kier molecular flexibility index (Phi) is 7.50. The maximum Gasteiger partial charge on any atom is 0.308 e. The molecular weight excluding hydrogens is 540 g/mol. The maximum atomic E-state index is 14.0. The molecule has 0 radical (unpaired) electrons. The van der Waals surface area contributed by atoms with Crippen LogP contribution in [0.25, 0.3) is 0 Å². The summed E-state index contributed by atoms with van der Waals surface area (Å²) in [6.07, 6.45) is -1.71. The van der Waals surface area contributed by atoms with Crippen molar-refractivity contribution in [3.8, 4) is 5.75 Å². The van der Waals surface area contributed by atoms with Crippen LogP contribution in [0.15, 0.2) is 40.9 Å². The SMILES string of the molecule is CC(=O)NC(=O)C1=C(OC(C)=O)[C@@H](N(C)C)[C@@H]2[C@@H](O)[C@H]3C(=C(O)[C@]2(O)C1=O)C(=O)c1c(OC(C)=O)cccc1[C@@H]3C. The molecule has 1 aromatic carbocycles. The number of benzene rings is 1. The number of Topliss-reactive ketones (excluding diaryl/α,β-unsaturated/α-hetero) is 2. The van der Waals surface area contributed by atoms with Gasteiger partial charge in [-0.1, -0.05) is 19.1 Å². The zero-order chi connectivity index (χ0) is 30.7. The molecule has 3 aliphatic rings. The number of rotatable bonds is 4. The Morgan fingerprint density at radius 3 is 2.17 bits per heavy atom. The summed E-state index contributed by atoms with van der Waals surface area (Å²) in [6.45, 7) is 4.79. The summed E-state index contributed by atoms with van der Waals surface area (Å²) in [5.41, 5.74) is -4.20. The van der Waals surface area contributed by atoms with Gasteiger partial charge in [0.1, 0.15) is 22.8 Å². The lowest BCUT2D eigenvalue weighted by Crippen LogP contribution is -2.68. The summed E-state index contributed by atoms with van der Waals surface area (Å²) in [5.74, 6) is -11.5. The van der Waals surface area contributed by atoms with Gasteiger partial charge in [-0.15, -0.1) is 0 Å². The second-order valence-corrected chi connectivity index (χ2v) is 10.6. The molecule has 1 aromatic rings. The summed E-state index contributed by atoms with van der Waals surface area (Å²) in [6, 6.07) is 3.14. The zero-order valence-electron chi connectivity index (χ0n) is 23.2. The van der Waals surface area contributed by atoms with Gasteiger partial charge in [0.25, 0.3) is 5.91 Å². The molecule has 6 atom stereocenters. The van der Waals surface area contributed by atoms with Crippen LogP contribution in [0.3, 0.4) is 0 Å². The molecule has 0 heterocycles. The van der Waals surface area contributed by atoms with Crippen LogP contribution in [0, 0.1) is 11.8 Å². The third-order valence-electron chi connectivity index (χ3n) is 7.74. The Bertz CT molecular complexity index is 1470. The number of hydrogen-bond acceptors (Lipinski definition) is 12. The van der Waals surface area contributed by atoms with E-state index in [1.54, 1.807) is 19.1 Å². The molecule has 0 fully saturated rings. The lowest BCUT2D eigenvalue weighted by Gasteiger charge is -2.53. The highest BCUT2D eigenvalue weighted by molar-refractivity contribution is 6.27. The van der Waals surface area contributed by atoms with E-state index in [4.69, 9.17) is 9.47 Å². The van der Waals surface area contributed by atoms with Crippen molar-refractivity contribution in [2.24, 2.45) is 11.8 Å². The predicted octanol–water partition coefficient (Wildman–Crippen LogP) is 0.0546. The molecule has 4 rings (SSSR count). The van der Waals surface area contributed by atoms with Crippen molar-refractivity contribution in [3.05, 3.63) is 52.0 Å². The Morgan fingerprint density at radius 1 is 1.02 bits per heavy atom. The number of nitrogens with one attached hydrogen (secondary N) is 1. The van der Waals surface area contributed by atoms with E-state index in [0.29, 0.717) is 5.56 Å². The third-order valence-corrected chi connectivity index (χ3v) is 7.74. The molecule has 0 bridgehead atoms. The van der Waals surface area contributed by atoms with Crippen LogP contribution < -0.4 is 10.1 Å². The molecule has 0 aromatic heterocycles. The molecule has 2 amide bonds. The number of amides is 2. The molecule has 0 saturated carbocycles. The minimum absolute atomic E-state index is 0.0969. The number of esters is 2. The normalized spacial score (nSPS) is 29.0. The smallest absolute Gasteiger partial charge is 0.308 e. The van der Waals surface area contributed by atoms with Crippen LogP contribution in [-0.4, -0.2) is 87.4 Å².